The van der Waals surface area contributed by atoms with E-state index >= 15 is 0 Å². The minimum atomic E-state index is 0.598. The first-order valence-electron chi connectivity index (χ1n) is 11.7. The Morgan fingerprint density at radius 3 is 2.23 bits per heavy atom. The molecule has 0 radical (unpaired) electrons. The minimum Gasteiger partial charge on any atom is -0.490 e. The molecule has 0 unspecified atom stereocenters. The first-order valence-corrected chi connectivity index (χ1v) is 11.7. The molecule has 0 amide bonds. The molecule has 170 valence electrons. The molecule has 0 atom stereocenters. The van der Waals surface area contributed by atoms with Crippen molar-refractivity contribution in [3.8, 4) is 22.9 Å². The van der Waals surface area contributed by atoms with E-state index in [9.17, 15) is 0 Å². The van der Waals surface area contributed by atoms with Gasteiger partial charge >= 0.3 is 0 Å². The number of ether oxygens (including phenoxy) is 3. The maximum atomic E-state index is 5.77. The largest absolute Gasteiger partial charge is 0.490 e. The highest BCUT2D eigenvalue weighted by atomic mass is 16.5. The average Bonchev–Trinajstić information content (AvgIpc) is 2.81. The van der Waals surface area contributed by atoms with Crippen LogP contribution in [0.5, 0.6) is 11.5 Å². The zero-order valence-electron chi connectivity index (χ0n) is 19.2. The lowest BCUT2D eigenvalue weighted by Gasteiger charge is -2.07. The molecular weight excluding hydrogens is 388 g/mol. The van der Waals surface area contributed by atoms with E-state index in [1.807, 2.05) is 24.3 Å². The fourth-order valence-corrected chi connectivity index (χ4v) is 3.00. The molecule has 1 aromatic carbocycles. The van der Waals surface area contributed by atoms with Crippen LogP contribution in [0.1, 0.15) is 65.2 Å². The van der Waals surface area contributed by atoms with Crippen molar-refractivity contribution in [2.75, 3.05) is 26.4 Å². The van der Waals surface area contributed by atoms with Crippen molar-refractivity contribution in [3.05, 3.63) is 48.8 Å². The summed E-state index contributed by atoms with van der Waals surface area (Å²) in [5, 5.41) is 0. The summed E-state index contributed by atoms with van der Waals surface area (Å²) in [7, 11) is 0. The lowest BCUT2D eigenvalue weighted by atomic mass is 10.1. The smallest absolute Gasteiger partial charge is 0.159 e. The fourth-order valence-electron chi connectivity index (χ4n) is 3.00. The van der Waals surface area contributed by atoms with E-state index in [2.05, 4.69) is 36.0 Å². The molecular formula is C26H38N2O3. The summed E-state index contributed by atoms with van der Waals surface area (Å²) in [6, 6.07) is 7.88. The van der Waals surface area contributed by atoms with Crippen LogP contribution < -0.4 is 9.47 Å². The maximum absolute atomic E-state index is 5.77. The molecule has 0 aliphatic carbocycles. The molecule has 0 bridgehead atoms. The van der Waals surface area contributed by atoms with E-state index in [0.29, 0.717) is 24.8 Å². The van der Waals surface area contributed by atoms with Gasteiger partial charge in [-0.15, -0.1) is 0 Å². The van der Waals surface area contributed by atoms with Crippen molar-refractivity contribution in [2.45, 2.75) is 65.2 Å². The third-order valence-electron chi connectivity index (χ3n) is 4.78. The van der Waals surface area contributed by atoms with E-state index in [1.165, 1.54) is 25.7 Å². The van der Waals surface area contributed by atoms with Gasteiger partial charge in [0, 0.05) is 18.8 Å². The summed E-state index contributed by atoms with van der Waals surface area (Å²) in [4.78, 5) is 8.84. The third kappa shape index (κ3) is 11.0. The average molecular weight is 427 g/mol. The second-order valence-electron chi connectivity index (χ2n) is 7.57. The molecule has 0 spiro atoms. The molecule has 0 aliphatic rings. The Kier molecular flexibility index (Phi) is 13.1. The van der Waals surface area contributed by atoms with Crippen molar-refractivity contribution in [2.24, 2.45) is 0 Å². The first-order chi connectivity index (χ1) is 15.3. The van der Waals surface area contributed by atoms with Crippen molar-refractivity contribution in [1.82, 2.24) is 9.97 Å². The Hall–Kier alpha value is -2.40. The molecule has 5 nitrogen and oxygen atoms in total. The summed E-state index contributed by atoms with van der Waals surface area (Å²) >= 11 is 0. The number of rotatable bonds is 17. The Labute approximate surface area is 187 Å². The first kappa shape index (κ1) is 24.9. The molecule has 0 saturated heterocycles. The molecule has 5 heteroatoms. The van der Waals surface area contributed by atoms with E-state index < -0.39 is 0 Å². The highest BCUT2D eigenvalue weighted by molar-refractivity contribution is 5.56. The van der Waals surface area contributed by atoms with Crippen LogP contribution in [0.4, 0.5) is 0 Å². The lowest BCUT2D eigenvalue weighted by Crippen LogP contribution is -2.02. The monoisotopic (exact) mass is 426 g/mol. The molecule has 0 saturated carbocycles. The fraction of sp³-hybridized carbons (Fsp3) is 0.538. The number of allylic oxidation sites excluding steroid dienone is 1. The molecule has 1 aromatic heterocycles. The summed E-state index contributed by atoms with van der Waals surface area (Å²) in [6.07, 6.45) is 17.1. The highest BCUT2D eigenvalue weighted by Crippen LogP contribution is 2.20. The van der Waals surface area contributed by atoms with Gasteiger partial charge in [-0.2, -0.15) is 0 Å². The molecule has 31 heavy (non-hydrogen) atoms. The van der Waals surface area contributed by atoms with Crippen LogP contribution in [0.3, 0.4) is 0 Å². The predicted octanol–water partition coefficient (Wildman–Crippen LogP) is 6.63. The van der Waals surface area contributed by atoms with Crippen LogP contribution in [0.2, 0.25) is 0 Å². The Bertz CT molecular complexity index is 714. The maximum Gasteiger partial charge on any atom is 0.159 e. The number of benzene rings is 1. The number of nitrogens with zero attached hydrogens (tertiary/aromatic N) is 2. The zero-order chi connectivity index (χ0) is 22.0. The van der Waals surface area contributed by atoms with Crippen molar-refractivity contribution >= 4 is 0 Å². The van der Waals surface area contributed by atoms with Crippen LogP contribution >= 0.6 is 0 Å². The lowest BCUT2D eigenvalue weighted by molar-refractivity contribution is 0.127. The van der Waals surface area contributed by atoms with Gasteiger partial charge in [-0.25, -0.2) is 9.97 Å². The normalized spacial score (nSPS) is 11.2. The van der Waals surface area contributed by atoms with Gasteiger partial charge in [0.15, 0.2) is 11.6 Å². The number of hydrogen-bond donors (Lipinski definition) is 0. The second-order valence-corrected chi connectivity index (χ2v) is 7.57. The standard InChI is InChI=1S/C26H38N2O3/c1-3-5-6-7-8-9-10-19-30-24-15-13-23(14-16-24)26-27-21-25(22-28-26)31-20-12-11-18-29-17-4-2/h9-10,13-16,21-22H,3-8,11-12,17-20H2,1-2H3/b10-9+. The van der Waals surface area contributed by atoms with Gasteiger partial charge in [0.2, 0.25) is 0 Å². The van der Waals surface area contributed by atoms with E-state index in [0.717, 1.165) is 50.2 Å². The summed E-state index contributed by atoms with van der Waals surface area (Å²) in [5.74, 6) is 2.22. The van der Waals surface area contributed by atoms with Crippen LogP contribution in [-0.2, 0) is 4.74 Å². The van der Waals surface area contributed by atoms with E-state index in [4.69, 9.17) is 14.2 Å². The van der Waals surface area contributed by atoms with Crippen LogP contribution in [0.15, 0.2) is 48.8 Å². The number of hydrogen-bond acceptors (Lipinski definition) is 5. The second kappa shape index (κ2) is 16.3. The van der Waals surface area contributed by atoms with Gasteiger partial charge in [-0.05, 0) is 56.4 Å². The van der Waals surface area contributed by atoms with Gasteiger partial charge in [0.1, 0.15) is 12.4 Å². The van der Waals surface area contributed by atoms with Crippen molar-refractivity contribution in [1.29, 1.82) is 0 Å². The molecule has 0 aliphatic heterocycles. The topological polar surface area (TPSA) is 53.5 Å². The number of unbranched alkanes of at least 4 members (excludes halogenated alkanes) is 5. The van der Waals surface area contributed by atoms with E-state index in [1.54, 1.807) is 12.4 Å². The Morgan fingerprint density at radius 2 is 1.48 bits per heavy atom. The summed E-state index contributed by atoms with van der Waals surface area (Å²) in [6.45, 7) is 7.22. The molecule has 0 N–H and O–H groups in total. The van der Waals surface area contributed by atoms with Crippen molar-refractivity contribution in [3.63, 3.8) is 0 Å². The van der Waals surface area contributed by atoms with Crippen LogP contribution in [0.25, 0.3) is 11.4 Å². The SMILES string of the molecule is CCCCCC/C=C/COc1ccc(-c2ncc(OCCCCOCCC)cn2)cc1. The van der Waals surface area contributed by atoms with Crippen LogP contribution in [-0.4, -0.2) is 36.4 Å². The highest BCUT2D eigenvalue weighted by Gasteiger charge is 2.03. The Balaban J connectivity index is 1.67. The van der Waals surface area contributed by atoms with E-state index in [-0.39, 0.29) is 0 Å². The van der Waals surface area contributed by atoms with Gasteiger partial charge in [0.25, 0.3) is 0 Å². The summed E-state index contributed by atoms with van der Waals surface area (Å²) < 4.78 is 16.9. The Morgan fingerprint density at radius 1 is 0.710 bits per heavy atom. The number of aromatic nitrogens is 2. The van der Waals surface area contributed by atoms with Crippen molar-refractivity contribution < 1.29 is 14.2 Å². The van der Waals surface area contributed by atoms with Gasteiger partial charge in [0.05, 0.1) is 19.0 Å². The molecule has 2 aromatic rings. The molecule has 1 heterocycles. The molecule has 2 rings (SSSR count). The zero-order valence-corrected chi connectivity index (χ0v) is 19.2. The summed E-state index contributed by atoms with van der Waals surface area (Å²) in [5.41, 5.74) is 0.957. The van der Waals surface area contributed by atoms with Gasteiger partial charge in [-0.1, -0.05) is 45.3 Å². The van der Waals surface area contributed by atoms with Gasteiger partial charge < -0.3 is 14.2 Å². The minimum absolute atomic E-state index is 0.598. The predicted molar refractivity (Wildman–Crippen MR) is 127 cm³/mol. The quantitative estimate of drug-likeness (QED) is 0.210. The third-order valence-corrected chi connectivity index (χ3v) is 4.78. The van der Waals surface area contributed by atoms with Crippen LogP contribution in [0, 0.1) is 0 Å². The van der Waals surface area contributed by atoms with Gasteiger partial charge in [-0.3, -0.25) is 0 Å². The molecule has 0 fully saturated rings.